The highest BCUT2D eigenvalue weighted by molar-refractivity contribution is 5.85. The van der Waals surface area contributed by atoms with Gasteiger partial charge in [-0.25, -0.2) is 0 Å². The van der Waals surface area contributed by atoms with Crippen molar-refractivity contribution in [1.82, 2.24) is 4.90 Å². The van der Waals surface area contributed by atoms with Crippen LogP contribution in [0.1, 0.15) is 40.0 Å². The Morgan fingerprint density at radius 2 is 1.88 bits per heavy atom. The van der Waals surface area contributed by atoms with Gasteiger partial charge in [-0.15, -0.1) is 0 Å². The number of hydrogen-bond donors (Lipinski definition) is 1. The van der Waals surface area contributed by atoms with E-state index < -0.39 is 11.9 Å². The van der Waals surface area contributed by atoms with Gasteiger partial charge in [0, 0.05) is 13.1 Å². The van der Waals surface area contributed by atoms with E-state index in [1.54, 1.807) is 4.90 Å². The maximum Gasteiger partial charge on any atom is 0.307 e. The lowest BCUT2D eigenvalue weighted by Crippen LogP contribution is -2.40. The number of aliphatic carboxylic acids is 1. The molecule has 1 amide bonds. The quantitative estimate of drug-likeness (QED) is 0.800. The Kier molecular flexibility index (Phi) is 4.97. The molecule has 0 saturated heterocycles. The Morgan fingerprint density at radius 3 is 2.35 bits per heavy atom. The molecule has 1 rings (SSSR count). The summed E-state index contributed by atoms with van der Waals surface area (Å²) in [6, 6.07) is 0. The van der Waals surface area contributed by atoms with Crippen molar-refractivity contribution in [1.29, 1.82) is 0 Å². The number of carboxylic acids is 1. The number of rotatable bonds is 5. The molecule has 1 saturated carbocycles. The fourth-order valence-corrected chi connectivity index (χ4v) is 2.60. The summed E-state index contributed by atoms with van der Waals surface area (Å²) in [6.45, 7) is 7.47. The molecule has 1 aliphatic rings. The molecule has 17 heavy (non-hydrogen) atoms. The lowest BCUT2D eigenvalue weighted by molar-refractivity contribution is -0.149. The molecule has 2 atom stereocenters. The van der Waals surface area contributed by atoms with Gasteiger partial charge in [0.15, 0.2) is 0 Å². The summed E-state index contributed by atoms with van der Waals surface area (Å²) in [4.78, 5) is 25.2. The predicted molar refractivity (Wildman–Crippen MR) is 65.6 cm³/mol. The fourth-order valence-electron chi connectivity index (χ4n) is 2.60. The first kappa shape index (κ1) is 14.0. The molecule has 4 heteroatoms. The van der Waals surface area contributed by atoms with E-state index in [4.69, 9.17) is 5.11 Å². The van der Waals surface area contributed by atoms with E-state index in [0.29, 0.717) is 18.9 Å². The third kappa shape index (κ3) is 3.45. The van der Waals surface area contributed by atoms with Crippen molar-refractivity contribution < 1.29 is 14.7 Å². The van der Waals surface area contributed by atoms with E-state index in [1.807, 2.05) is 6.92 Å². The summed E-state index contributed by atoms with van der Waals surface area (Å²) >= 11 is 0. The number of carbonyl (C=O) groups is 2. The molecule has 4 nitrogen and oxygen atoms in total. The second kappa shape index (κ2) is 6.03. The van der Waals surface area contributed by atoms with Gasteiger partial charge in [0.2, 0.25) is 5.91 Å². The first-order chi connectivity index (χ1) is 7.97. The third-order valence-corrected chi connectivity index (χ3v) is 3.43. The first-order valence-electron chi connectivity index (χ1n) is 6.49. The fraction of sp³-hybridized carbons (Fsp3) is 0.846. The highest BCUT2D eigenvalue weighted by Gasteiger charge is 2.39. The molecule has 0 bridgehead atoms. The predicted octanol–water partition coefficient (Wildman–Crippen LogP) is 1.99. The van der Waals surface area contributed by atoms with Crippen LogP contribution in [0.2, 0.25) is 0 Å². The topological polar surface area (TPSA) is 57.6 Å². The van der Waals surface area contributed by atoms with Crippen LogP contribution in [0.5, 0.6) is 0 Å². The van der Waals surface area contributed by atoms with Crippen LogP contribution < -0.4 is 0 Å². The summed E-state index contributed by atoms with van der Waals surface area (Å²) < 4.78 is 0. The van der Waals surface area contributed by atoms with Crippen LogP contribution in [0.15, 0.2) is 0 Å². The molecule has 1 N–H and O–H groups in total. The van der Waals surface area contributed by atoms with E-state index in [-0.39, 0.29) is 11.8 Å². The smallest absolute Gasteiger partial charge is 0.307 e. The SMILES string of the molecule is CCN(CC(C)C)C(=O)[C@@H]1CCC[C@@H]1C(=O)O. The van der Waals surface area contributed by atoms with E-state index >= 15 is 0 Å². The van der Waals surface area contributed by atoms with Crippen LogP contribution in [-0.2, 0) is 9.59 Å². The maximum absolute atomic E-state index is 12.3. The van der Waals surface area contributed by atoms with Gasteiger partial charge >= 0.3 is 5.97 Å². The van der Waals surface area contributed by atoms with Gasteiger partial charge in [-0.2, -0.15) is 0 Å². The number of hydrogen-bond acceptors (Lipinski definition) is 2. The van der Waals surface area contributed by atoms with Gasteiger partial charge < -0.3 is 10.0 Å². The minimum absolute atomic E-state index is 0.0334. The van der Waals surface area contributed by atoms with Gasteiger partial charge in [-0.3, -0.25) is 9.59 Å². The van der Waals surface area contributed by atoms with Crippen molar-refractivity contribution >= 4 is 11.9 Å². The van der Waals surface area contributed by atoms with Crippen LogP contribution in [0.4, 0.5) is 0 Å². The molecule has 0 aromatic rings. The zero-order valence-corrected chi connectivity index (χ0v) is 11.0. The highest BCUT2D eigenvalue weighted by atomic mass is 16.4. The molecule has 0 aliphatic heterocycles. The molecule has 0 aromatic heterocycles. The van der Waals surface area contributed by atoms with Gasteiger partial charge in [-0.05, 0) is 25.7 Å². The second-order valence-electron chi connectivity index (χ2n) is 5.25. The maximum atomic E-state index is 12.3. The van der Waals surface area contributed by atoms with Crippen LogP contribution in [-0.4, -0.2) is 35.0 Å². The van der Waals surface area contributed by atoms with Crippen molar-refractivity contribution in [3.63, 3.8) is 0 Å². The summed E-state index contributed by atoms with van der Waals surface area (Å²) in [5, 5.41) is 9.10. The lowest BCUT2D eigenvalue weighted by Gasteiger charge is -2.27. The zero-order chi connectivity index (χ0) is 13.0. The highest BCUT2D eigenvalue weighted by Crippen LogP contribution is 2.33. The molecule has 0 radical (unpaired) electrons. The van der Waals surface area contributed by atoms with E-state index in [1.165, 1.54) is 0 Å². The second-order valence-corrected chi connectivity index (χ2v) is 5.25. The standard InChI is InChI=1S/C13H23NO3/c1-4-14(8-9(2)3)12(15)10-6-5-7-11(10)13(16)17/h9-11H,4-8H2,1-3H3,(H,16,17)/t10-,11+/m1/s1. The number of nitrogens with zero attached hydrogens (tertiary/aromatic N) is 1. The normalized spacial score (nSPS) is 24.0. The van der Waals surface area contributed by atoms with Gasteiger partial charge in [0.1, 0.15) is 0 Å². The number of amides is 1. The van der Waals surface area contributed by atoms with Gasteiger partial charge in [0.05, 0.1) is 11.8 Å². The summed E-state index contributed by atoms with van der Waals surface area (Å²) in [6.07, 6.45) is 2.22. The molecule has 0 heterocycles. The Labute approximate surface area is 103 Å². The van der Waals surface area contributed by atoms with Crippen molar-refractivity contribution in [2.75, 3.05) is 13.1 Å². The largest absolute Gasteiger partial charge is 0.481 e. The molecule has 0 aromatic carbocycles. The van der Waals surface area contributed by atoms with Crippen molar-refractivity contribution in [2.45, 2.75) is 40.0 Å². The minimum atomic E-state index is -0.818. The van der Waals surface area contributed by atoms with Crippen molar-refractivity contribution in [3.05, 3.63) is 0 Å². The van der Waals surface area contributed by atoms with E-state index in [2.05, 4.69) is 13.8 Å². The summed E-state index contributed by atoms with van der Waals surface area (Å²) in [5.41, 5.74) is 0. The zero-order valence-electron chi connectivity index (χ0n) is 11.0. The Bertz CT molecular complexity index is 288. The van der Waals surface area contributed by atoms with Gasteiger partial charge in [-0.1, -0.05) is 20.3 Å². The molecule has 1 fully saturated rings. The third-order valence-electron chi connectivity index (χ3n) is 3.43. The molecule has 0 unspecified atom stereocenters. The Morgan fingerprint density at radius 1 is 1.29 bits per heavy atom. The van der Waals surface area contributed by atoms with Gasteiger partial charge in [0.25, 0.3) is 0 Å². The molecule has 1 aliphatic carbocycles. The number of carbonyl (C=O) groups excluding carboxylic acids is 1. The van der Waals surface area contributed by atoms with Crippen LogP contribution in [0.25, 0.3) is 0 Å². The first-order valence-corrected chi connectivity index (χ1v) is 6.49. The summed E-state index contributed by atoms with van der Waals surface area (Å²) in [5.74, 6) is -1.13. The van der Waals surface area contributed by atoms with Crippen LogP contribution >= 0.6 is 0 Å². The summed E-state index contributed by atoms with van der Waals surface area (Å²) in [7, 11) is 0. The monoisotopic (exact) mass is 241 g/mol. The lowest BCUT2D eigenvalue weighted by atomic mass is 9.94. The molecule has 0 spiro atoms. The van der Waals surface area contributed by atoms with Crippen molar-refractivity contribution in [2.24, 2.45) is 17.8 Å². The van der Waals surface area contributed by atoms with Crippen LogP contribution in [0, 0.1) is 17.8 Å². The molecular formula is C13H23NO3. The minimum Gasteiger partial charge on any atom is -0.481 e. The van der Waals surface area contributed by atoms with E-state index in [0.717, 1.165) is 19.4 Å². The van der Waals surface area contributed by atoms with Crippen LogP contribution in [0.3, 0.4) is 0 Å². The molecular weight excluding hydrogens is 218 g/mol. The van der Waals surface area contributed by atoms with E-state index in [9.17, 15) is 9.59 Å². The molecule has 98 valence electrons. The average Bonchev–Trinajstić information content (AvgIpc) is 2.73. The average molecular weight is 241 g/mol. The number of carboxylic acid groups (broad SMARTS) is 1. The Balaban J connectivity index is 2.69. The Hall–Kier alpha value is -1.06. The van der Waals surface area contributed by atoms with Crippen molar-refractivity contribution in [3.8, 4) is 0 Å².